The number of nitrogens with zero attached hydrogens (tertiary/aromatic N) is 1. The summed E-state index contributed by atoms with van der Waals surface area (Å²) in [6.07, 6.45) is 1.46. The van der Waals surface area contributed by atoms with Crippen LogP contribution in [0.15, 0.2) is 11.6 Å². The molecular formula is C7H11NOS. The first-order valence-corrected chi connectivity index (χ1v) is 4.17. The third-order valence-corrected chi connectivity index (χ3v) is 2.54. The molecule has 0 fully saturated rings. The average Bonchev–Trinajstić information content (AvgIpc) is 2.36. The van der Waals surface area contributed by atoms with Crippen molar-refractivity contribution in [2.45, 2.75) is 25.9 Å². The summed E-state index contributed by atoms with van der Waals surface area (Å²) in [5.74, 6) is 0.167. The van der Waals surface area contributed by atoms with Crippen molar-refractivity contribution in [2.24, 2.45) is 0 Å². The van der Waals surface area contributed by atoms with E-state index in [1.54, 1.807) is 24.5 Å². The number of rotatable bonds is 2. The quantitative estimate of drug-likeness (QED) is 0.707. The van der Waals surface area contributed by atoms with E-state index in [2.05, 4.69) is 4.98 Å². The van der Waals surface area contributed by atoms with E-state index in [1.165, 1.54) is 0 Å². The molecule has 1 heterocycles. The molecule has 0 aliphatic carbocycles. The Kier molecular flexibility index (Phi) is 2.40. The molecule has 0 spiro atoms. The van der Waals surface area contributed by atoms with Crippen molar-refractivity contribution in [1.82, 2.24) is 4.98 Å². The molecular weight excluding hydrogens is 146 g/mol. The lowest BCUT2D eigenvalue weighted by atomic mass is 10.1. The van der Waals surface area contributed by atoms with E-state index in [9.17, 15) is 0 Å². The van der Waals surface area contributed by atoms with Crippen LogP contribution in [0.25, 0.3) is 0 Å². The van der Waals surface area contributed by atoms with Crippen LogP contribution in [0.2, 0.25) is 0 Å². The van der Waals surface area contributed by atoms with Gasteiger partial charge in [0.2, 0.25) is 0 Å². The van der Waals surface area contributed by atoms with Gasteiger partial charge in [-0.3, -0.25) is 0 Å². The van der Waals surface area contributed by atoms with Gasteiger partial charge in [-0.15, -0.1) is 11.3 Å². The minimum Gasteiger partial charge on any atom is -0.393 e. The number of hydrogen-bond acceptors (Lipinski definition) is 3. The molecule has 2 atom stereocenters. The zero-order valence-electron chi connectivity index (χ0n) is 6.11. The lowest BCUT2D eigenvalue weighted by molar-refractivity contribution is 0.169. The molecule has 2 nitrogen and oxygen atoms in total. The van der Waals surface area contributed by atoms with Gasteiger partial charge in [-0.25, -0.2) is 4.98 Å². The van der Waals surface area contributed by atoms with Crippen molar-refractivity contribution in [3.05, 3.63) is 16.6 Å². The van der Waals surface area contributed by atoms with Crippen LogP contribution in [0.4, 0.5) is 0 Å². The molecule has 2 unspecified atom stereocenters. The summed E-state index contributed by atoms with van der Waals surface area (Å²) in [7, 11) is 0. The molecule has 0 aliphatic rings. The molecule has 0 saturated carbocycles. The van der Waals surface area contributed by atoms with E-state index in [1.807, 2.05) is 12.3 Å². The maximum absolute atomic E-state index is 9.16. The number of aromatic nitrogens is 1. The number of aliphatic hydroxyl groups is 1. The van der Waals surface area contributed by atoms with E-state index in [4.69, 9.17) is 5.11 Å². The Bertz CT molecular complexity index is 183. The fraction of sp³-hybridized carbons (Fsp3) is 0.571. The summed E-state index contributed by atoms with van der Waals surface area (Å²) in [5, 5.41) is 12.1. The largest absolute Gasteiger partial charge is 0.393 e. The third-order valence-electron chi connectivity index (χ3n) is 1.56. The van der Waals surface area contributed by atoms with Crippen LogP contribution in [-0.4, -0.2) is 16.2 Å². The van der Waals surface area contributed by atoms with E-state index in [-0.39, 0.29) is 12.0 Å². The van der Waals surface area contributed by atoms with Gasteiger partial charge in [0.1, 0.15) is 0 Å². The molecule has 0 amide bonds. The highest BCUT2D eigenvalue weighted by atomic mass is 32.1. The number of hydrogen-bond donors (Lipinski definition) is 1. The Morgan fingerprint density at radius 3 is 2.70 bits per heavy atom. The van der Waals surface area contributed by atoms with Gasteiger partial charge in [-0.1, -0.05) is 6.92 Å². The highest BCUT2D eigenvalue weighted by Gasteiger charge is 2.12. The second-order valence-corrected chi connectivity index (χ2v) is 3.33. The summed E-state index contributed by atoms with van der Waals surface area (Å²) in [4.78, 5) is 4.10. The zero-order chi connectivity index (χ0) is 7.56. The van der Waals surface area contributed by atoms with E-state index in [0.29, 0.717) is 0 Å². The second-order valence-electron chi connectivity index (χ2n) is 2.40. The molecule has 0 radical (unpaired) electrons. The van der Waals surface area contributed by atoms with E-state index in [0.717, 1.165) is 5.01 Å². The third kappa shape index (κ3) is 1.55. The summed E-state index contributed by atoms with van der Waals surface area (Å²) < 4.78 is 0. The number of thiazole rings is 1. The molecule has 0 aliphatic heterocycles. The van der Waals surface area contributed by atoms with Gasteiger partial charge in [0.15, 0.2) is 0 Å². The second kappa shape index (κ2) is 3.12. The topological polar surface area (TPSA) is 33.1 Å². The molecule has 0 aromatic carbocycles. The van der Waals surface area contributed by atoms with Gasteiger partial charge in [0.25, 0.3) is 0 Å². The van der Waals surface area contributed by atoms with Crippen LogP contribution in [0.5, 0.6) is 0 Å². The van der Waals surface area contributed by atoms with Gasteiger partial charge < -0.3 is 5.11 Å². The molecule has 10 heavy (non-hydrogen) atoms. The monoisotopic (exact) mass is 157 g/mol. The summed E-state index contributed by atoms with van der Waals surface area (Å²) in [6, 6.07) is 0. The van der Waals surface area contributed by atoms with Crippen LogP contribution in [0.1, 0.15) is 24.8 Å². The molecule has 1 aromatic rings. The molecule has 0 bridgehead atoms. The molecule has 56 valence electrons. The summed E-state index contributed by atoms with van der Waals surface area (Å²) >= 11 is 1.59. The van der Waals surface area contributed by atoms with Crippen LogP contribution in [0.3, 0.4) is 0 Å². The zero-order valence-corrected chi connectivity index (χ0v) is 6.93. The van der Waals surface area contributed by atoms with Crippen molar-refractivity contribution >= 4 is 11.3 Å². The first kappa shape index (κ1) is 7.69. The van der Waals surface area contributed by atoms with Crippen LogP contribution >= 0.6 is 11.3 Å². The SMILES string of the molecule is CC(O)C(C)c1nccs1. The maximum Gasteiger partial charge on any atom is 0.0978 e. The fourth-order valence-electron chi connectivity index (χ4n) is 0.666. The van der Waals surface area contributed by atoms with Gasteiger partial charge in [0.05, 0.1) is 11.1 Å². The van der Waals surface area contributed by atoms with Gasteiger partial charge in [-0.05, 0) is 6.92 Å². The molecule has 1 N–H and O–H groups in total. The highest BCUT2D eigenvalue weighted by Crippen LogP contribution is 2.20. The van der Waals surface area contributed by atoms with Crippen molar-refractivity contribution in [1.29, 1.82) is 0 Å². The summed E-state index contributed by atoms with van der Waals surface area (Å²) in [5.41, 5.74) is 0. The smallest absolute Gasteiger partial charge is 0.0978 e. The minimum atomic E-state index is -0.300. The van der Waals surface area contributed by atoms with Crippen molar-refractivity contribution in [3.63, 3.8) is 0 Å². The Morgan fingerprint density at radius 2 is 2.30 bits per heavy atom. The van der Waals surface area contributed by atoms with Crippen LogP contribution in [-0.2, 0) is 0 Å². The van der Waals surface area contributed by atoms with Gasteiger partial charge in [-0.2, -0.15) is 0 Å². The first-order valence-electron chi connectivity index (χ1n) is 3.29. The van der Waals surface area contributed by atoms with Gasteiger partial charge >= 0.3 is 0 Å². The first-order chi connectivity index (χ1) is 4.72. The lowest BCUT2D eigenvalue weighted by Crippen LogP contribution is -2.10. The van der Waals surface area contributed by atoms with E-state index < -0.39 is 0 Å². The van der Waals surface area contributed by atoms with Crippen molar-refractivity contribution < 1.29 is 5.11 Å². The normalized spacial score (nSPS) is 16.7. The predicted molar refractivity (Wildman–Crippen MR) is 42.2 cm³/mol. The van der Waals surface area contributed by atoms with Gasteiger partial charge in [0, 0.05) is 17.5 Å². The maximum atomic E-state index is 9.16. The Balaban J connectivity index is 2.68. The highest BCUT2D eigenvalue weighted by molar-refractivity contribution is 7.09. The van der Waals surface area contributed by atoms with E-state index >= 15 is 0 Å². The van der Waals surface area contributed by atoms with Crippen molar-refractivity contribution in [2.75, 3.05) is 0 Å². The average molecular weight is 157 g/mol. The Labute approximate surface area is 64.5 Å². The van der Waals surface area contributed by atoms with Crippen LogP contribution in [0, 0.1) is 0 Å². The standard InChI is InChI=1S/C7H11NOS/c1-5(6(2)9)7-8-3-4-10-7/h3-6,9H,1-2H3. The Hall–Kier alpha value is -0.410. The lowest BCUT2D eigenvalue weighted by Gasteiger charge is -2.09. The molecule has 3 heteroatoms. The van der Waals surface area contributed by atoms with Crippen molar-refractivity contribution in [3.8, 4) is 0 Å². The molecule has 1 rings (SSSR count). The Morgan fingerprint density at radius 1 is 1.60 bits per heavy atom. The predicted octanol–water partition coefficient (Wildman–Crippen LogP) is 1.63. The number of aliphatic hydroxyl groups excluding tert-OH is 1. The minimum absolute atomic E-state index is 0.167. The summed E-state index contributed by atoms with van der Waals surface area (Å²) in [6.45, 7) is 3.76. The molecule has 0 saturated heterocycles. The fourth-order valence-corrected chi connectivity index (χ4v) is 1.46. The van der Waals surface area contributed by atoms with Crippen LogP contribution < -0.4 is 0 Å². The molecule has 1 aromatic heterocycles.